The van der Waals surface area contributed by atoms with Gasteiger partial charge < -0.3 is 19.7 Å². The second kappa shape index (κ2) is 11.5. The van der Waals surface area contributed by atoms with E-state index in [2.05, 4.69) is 10.3 Å². The number of hydrogen-bond acceptors (Lipinski definition) is 6. The van der Waals surface area contributed by atoms with Gasteiger partial charge in [-0.15, -0.1) is 0 Å². The minimum absolute atomic E-state index is 0.148. The molecule has 0 aliphatic heterocycles. The summed E-state index contributed by atoms with van der Waals surface area (Å²) in [7, 11) is 1.72. The molecule has 0 saturated heterocycles. The van der Waals surface area contributed by atoms with Crippen LogP contribution in [0.5, 0.6) is 5.75 Å². The highest BCUT2D eigenvalue weighted by molar-refractivity contribution is 5.89. The number of fused-ring (bicyclic) bond motifs is 1. The van der Waals surface area contributed by atoms with Crippen molar-refractivity contribution in [1.82, 2.24) is 9.55 Å². The van der Waals surface area contributed by atoms with E-state index < -0.39 is 12.1 Å². The number of pyridine rings is 2. The van der Waals surface area contributed by atoms with Gasteiger partial charge in [-0.05, 0) is 30.7 Å². The van der Waals surface area contributed by atoms with Gasteiger partial charge in [-0.3, -0.25) is 9.59 Å². The SMILES string of the molecule is Cn1c(=O)cc(OCCCC(=O)Nc2cc(C#N)ccn2)c2ccccc21.O=C(O)C(F)(F)F. The van der Waals surface area contributed by atoms with Crippen LogP contribution >= 0.6 is 0 Å². The highest BCUT2D eigenvalue weighted by Crippen LogP contribution is 2.23. The molecule has 0 atom stereocenters. The Kier molecular flexibility index (Phi) is 8.72. The van der Waals surface area contributed by atoms with E-state index in [1.165, 1.54) is 18.3 Å². The normalized spacial score (nSPS) is 10.6. The van der Waals surface area contributed by atoms with Crippen molar-refractivity contribution in [3.8, 4) is 11.8 Å². The number of aromatic nitrogens is 2. The first-order chi connectivity index (χ1) is 16.0. The van der Waals surface area contributed by atoms with Crippen LogP contribution in [0.2, 0.25) is 0 Å². The summed E-state index contributed by atoms with van der Waals surface area (Å²) >= 11 is 0. The van der Waals surface area contributed by atoms with Gasteiger partial charge in [-0.2, -0.15) is 18.4 Å². The van der Waals surface area contributed by atoms with Crippen molar-refractivity contribution in [3.05, 3.63) is 64.6 Å². The Morgan fingerprint density at radius 2 is 1.91 bits per heavy atom. The summed E-state index contributed by atoms with van der Waals surface area (Å²) in [4.78, 5) is 36.9. The van der Waals surface area contributed by atoms with Gasteiger partial charge in [-0.25, -0.2) is 9.78 Å². The first-order valence-electron chi connectivity index (χ1n) is 9.70. The van der Waals surface area contributed by atoms with Crippen molar-refractivity contribution < 1.29 is 32.6 Å². The second-order valence-corrected chi connectivity index (χ2v) is 6.77. The third-order valence-electron chi connectivity index (χ3n) is 4.32. The van der Waals surface area contributed by atoms with E-state index in [0.29, 0.717) is 30.2 Å². The molecule has 12 heteroatoms. The number of nitrogens with zero attached hydrogens (tertiary/aromatic N) is 3. The van der Waals surface area contributed by atoms with Gasteiger partial charge in [0.25, 0.3) is 5.56 Å². The highest BCUT2D eigenvalue weighted by atomic mass is 19.4. The smallest absolute Gasteiger partial charge is 0.490 e. The van der Waals surface area contributed by atoms with Crippen LogP contribution in [0, 0.1) is 11.3 Å². The quantitative estimate of drug-likeness (QED) is 0.522. The van der Waals surface area contributed by atoms with Crippen LogP contribution in [0.4, 0.5) is 19.0 Å². The van der Waals surface area contributed by atoms with Crippen molar-refractivity contribution in [1.29, 1.82) is 5.26 Å². The van der Waals surface area contributed by atoms with Gasteiger partial charge in [0.05, 0.1) is 23.8 Å². The van der Waals surface area contributed by atoms with Crippen LogP contribution in [-0.2, 0) is 16.6 Å². The van der Waals surface area contributed by atoms with Crippen molar-refractivity contribution in [2.75, 3.05) is 11.9 Å². The number of nitriles is 1. The fraction of sp³-hybridized carbons (Fsp3) is 0.227. The lowest BCUT2D eigenvalue weighted by Gasteiger charge is -2.11. The highest BCUT2D eigenvalue weighted by Gasteiger charge is 2.38. The number of carboxylic acid groups (broad SMARTS) is 1. The van der Waals surface area contributed by atoms with E-state index in [4.69, 9.17) is 19.9 Å². The summed E-state index contributed by atoms with van der Waals surface area (Å²) in [5.41, 5.74) is 1.08. The Labute approximate surface area is 191 Å². The molecule has 34 heavy (non-hydrogen) atoms. The molecule has 0 bridgehead atoms. The second-order valence-electron chi connectivity index (χ2n) is 6.77. The number of rotatable bonds is 6. The average Bonchev–Trinajstić information content (AvgIpc) is 2.79. The molecule has 3 aromatic rings. The Hall–Kier alpha value is -4.40. The summed E-state index contributed by atoms with van der Waals surface area (Å²) in [5.74, 6) is -2.11. The van der Waals surface area contributed by atoms with Crippen LogP contribution in [0.25, 0.3) is 10.9 Å². The van der Waals surface area contributed by atoms with Crippen LogP contribution in [0.1, 0.15) is 18.4 Å². The summed E-state index contributed by atoms with van der Waals surface area (Å²) in [6.07, 6.45) is -2.90. The Morgan fingerprint density at radius 3 is 2.56 bits per heavy atom. The lowest BCUT2D eigenvalue weighted by molar-refractivity contribution is -0.192. The first-order valence-corrected chi connectivity index (χ1v) is 9.70. The number of halogens is 3. The summed E-state index contributed by atoms with van der Waals surface area (Å²) in [5, 5.41) is 19.5. The molecular weight excluding hydrogens is 457 g/mol. The molecule has 2 N–H and O–H groups in total. The Bertz CT molecular complexity index is 1280. The maximum Gasteiger partial charge on any atom is 0.490 e. The molecule has 1 amide bonds. The zero-order valence-electron chi connectivity index (χ0n) is 17.8. The van der Waals surface area contributed by atoms with E-state index in [9.17, 15) is 22.8 Å². The molecule has 0 unspecified atom stereocenters. The number of carboxylic acids is 1. The van der Waals surface area contributed by atoms with E-state index >= 15 is 0 Å². The molecule has 178 valence electrons. The van der Waals surface area contributed by atoms with Gasteiger partial charge in [0.1, 0.15) is 11.6 Å². The van der Waals surface area contributed by atoms with Gasteiger partial charge >= 0.3 is 12.1 Å². The van der Waals surface area contributed by atoms with Crippen molar-refractivity contribution in [3.63, 3.8) is 0 Å². The minimum atomic E-state index is -5.08. The number of anilines is 1. The number of hydrogen-bond donors (Lipinski definition) is 2. The van der Waals surface area contributed by atoms with E-state index in [0.717, 1.165) is 10.9 Å². The molecule has 0 fully saturated rings. The molecule has 0 radical (unpaired) electrons. The summed E-state index contributed by atoms with van der Waals surface area (Å²) in [6.45, 7) is 0.302. The van der Waals surface area contributed by atoms with Gasteiger partial charge in [-0.1, -0.05) is 12.1 Å². The van der Waals surface area contributed by atoms with Gasteiger partial charge in [0.2, 0.25) is 5.91 Å². The topological polar surface area (TPSA) is 134 Å². The zero-order chi connectivity index (χ0) is 25.3. The van der Waals surface area contributed by atoms with Crippen LogP contribution in [0.15, 0.2) is 53.5 Å². The molecule has 1 aromatic carbocycles. The van der Waals surface area contributed by atoms with Gasteiger partial charge in [0.15, 0.2) is 0 Å². The number of aliphatic carboxylic acids is 1. The molecule has 2 heterocycles. The number of alkyl halides is 3. The molecule has 9 nitrogen and oxygen atoms in total. The lowest BCUT2D eigenvalue weighted by Crippen LogP contribution is -2.21. The fourth-order valence-corrected chi connectivity index (χ4v) is 2.69. The zero-order valence-corrected chi connectivity index (χ0v) is 17.8. The van der Waals surface area contributed by atoms with E-state index in [1.54, 1.807) is 17.7 Å². The Morgan fingerprint density at radius 1 is 1.24 bits per heavy atom. The standard InChI is InChI=1S/C20H18N4O3.C2HF3O2/c1-24-16-6-3-2-5-15(16)17(12-20(24)26)27-10-4-7-19(25)23-18-11-14(13-21)8-9-22-18;3-2(4,5)1(6)7/h2-3,5-6,8-9,11-12H,4,7,10H2,1H3,(H,22,23,25);(H,6,7). The summed E-state index contributed by atoms with van der Waals surface area (Å²) in [6, 6.07) is 14.0. The maximum absolute atomic E-state index is 12.0. The Balaban J connectivity index is 0.000000509. The summed E-state index contributed by atoms with van der Waals surface area (Å²) < 4.78 is 39.0. The fourth-order valence-electron chi connectivity index (χ4n) is 2.69. The molecule has 2 aromatic heterocycles. The molecule has 0 saturated carbocycles. The van der Waals surface area contributed by atoms with Crippen molar-refractivity contribution in [2.24, 2.45) is 7.05 Å². The monoisotopic (exact) mass is 476 g/mol. The lowest BCUT2D eigenvalue weighted by atomic mass is 10.2. The molecule has 0 aliphatic carbocycles. The average molecular weight is 476 g/mol. The largest absolute Gasteiger partial charge is 0.493 e. The molecular formula is C22H19F3N4O5. The van der Waals surface area contributed by atoms with Crippen LogP contribution in [-0.4, -0.2) is 39.3 Å². The van der Waals surface area contributed by atoms with E-state index in [-0.39, 0.29) is 17.9 Å². The predicted molar refractivity (Wildman–Crippen MR) is 115 cm³/mol. The maximum atomic E-state index is 12.0. The van der Waals surface area contributed by atoms with Gasteiger partial charge in [0, 0.05) is 31.1 Å². The molecule has 0 aliphatic rings. The van der Waals surface area contributed by atoms with Crippen LogP contribution in [0.3, 0.4) is 0 Å². The van der Waals surface area contributed by atoms with E-state index in [1.807, 2.05) is 30.3 Å². The number of nitrogens with one attached hydrogen (secondary N) is 1. The first kappa shape index (κ1) is 25.9. The number of carbonyl (C=O) groups is 2. The number of carbonyl (C=O) groups excluding carboxylic acids is 1. The number of para-hydroxylation sites is 1. The van der Waals surface area contributed by atoms with Crippen LogP contribution < -0.4 is 15.6 Å². The molecule has 3 rings (SSSR count). The number of benzene rings is 1. The minimum Gasteiger partial charge on any atom is -0.493 e. The number of ether oxygens (including phenoxy) is 1. The third kappa shape index (κ3) is 7.33. The predicted octanol–water partition coefficient (Wildman–Crippen LogP) is 3.24. The van der Waals surface area contributed by atoms with Crippen molar-refractivity contribution >= 4 is 28.6 Å². The number of aryl methyl sites for hydroxylation is 1. The number of amides is 1. The molecule has 0 spiro atoms. The third-order valence-corrected chi connectivity index (χ3v) is 4.32. The van der Waals surface area contributed by atoms with Crippen molar-refractivity contribution in [2.45, 2.75) is 19.0 Å².